The topological polar surface area (TPSA) is 35.5 Å². The molecule has 3 aromatic carbocycles. The summed E-state index contributed by atoms with van der Waals surface area (Å²) in [6.45, 7) is 0. The summed E-state index contributed by atoms with van der Waals surface area (Å²) in [6, 6.07) is 29.8. The summed E-state index contributed by atoms with van der Waals surface area (Å²) in [4.78, 5) is 0. The zero-order chi connectivity index (χ0) is 15.5. The van der Waals surface area contributed by atoms with Gasteiger partial charge in [0.15, 0.2) is 11.5 Å². The molecule has 0 aromatic heterocycles. The van der Waals surface area contributed by atoms with Crippen molar-refractivity contribution in [2.24, 2.45) is 0 Å². The lowest BCUT2D eigenvalue weighted by Crippen LogP contribution is -1.87. The number of benzene rings is 3. The van der Waals surface area contributed by atoms with Crippen LogP contribution in [0.5, 0.6) is 11.5 Å². The zero-order valence-corrected chi connectivity index (χ0v) is 12.8. The molecule has 3 nitrogen and oxygen atoms in total. The van der Waals surface area contributed by atoms with E-state index in [1.54, 1.807) is 48.5 Å². The van der Waals surface area contributed by atoms with Crippen molar-refractivity contribution in [2.45, 2.75) is 0 Å². The second-order valence-electron chi connectivity index (χ2n) is 4.19. The monoisotopic (exact) mass is 311 g/mol. The van der Waals surface area contributed by atoms with Crippen molar-refractivity contribution in [3.63, 3.8) is 0 Å². The van der Waals surface area contributed by atoms with Crippen molar-refractivity contribution < 1.29 is 13.6 Å². The summed E-state index contributed by atoms with van der Waals surface area (Å²) >= 11 is 0. The number of hydrogen-bond acceptors (Lipinski definition) is 3. The van der Waals surface area contributed by atoms with Crippen LogP contribution in [-0.2, 0) is 4.57 Å². The average molecular weight is 311 g/mol. The van der Waals surface area contributed by atoms with Crippen molar-refractivity contribution in [3.05, 3.63) is 97.1 Å². The molecule has 0 fully saturated rings. The molecule has 0 amide bonds. The molecule has 0 spiro atoms. The summed E-state index contributed by atoms with van der Waals surface area (Å²) < 4.78 is 21.7. The molecule has 0 bridgehead atoms. The Kier molecular flexibility index (Phi) is 6.67. The lowest BCUT2D eigenvalue weighted by molar-refractivity contribution is 0.415. The van der Waals surface area contributed by atoms with Gasteiger partial charge in [0.2, 0.25) is 0 Å². The maximum Gasteiger partial charge on any atom is 0.805 e. The Bertz CT molecular complexity index is 587. The fraction of sp³-hybridized carbons (Fsp3) is 0. The van der Waals surface area contributed by atoms with Crippen molar-refractivity contribution >= 4 is 8.25 Å². The summed E-state index contributed by atoms with van der Waals surface area (Å²) in [5.41, 5.74) is 0. The highest BCUT2D eigenvalue weighted by Gasteiger charge is 2.23. The maximum absolute atomic E-state index is 11.5. The van der Waals surface area contributed by atoms with Crippen LogP contribution < -0.4 is 9.05 Å². The van der Waals surface area contributed by atoms with E-state index in [2.05, 4.69) is 0 Å². The minimum atomic E-state index is -2.18. The molecule has 22 heavy (non-hydrogen) atoms. The van der Waals surface area contributed by atoms with Gasteiger partial charge in [-0.2, -0.15) is 0 Å². The third kappa shape index (κ3) is 6.21. The van der Waals surface area contributed by atoms with Gasteiger partial charge in [-0.25, -0.2) is 9.05 Å². The van der Waals surface area contributed by atoms with Crippen LogP contribution >= 0.6 is 8.25 Å². The Hall–Kier alpha value is -2.64. The van der Waals surface area contributed by atoms with E-state index < -0.39 is 8.25 Å². The Morgan fingerprint density at radius 1 is 0.500 bits per heavy atom. The van der Waals surface area contributed by atoms with Crippen molar-refractivity contribution in [3.8, 4) is 11.5 Å². The van der Waals surface area contributed by atoms with E-state index in [9.17, 15) is 4.57 Å². The molecule has 3 aromatic rings. The molecule has 0 unspecified atom stereocenters. The van der Waals surface area contributed by atoms with E-state index in [1.165, 1.54) is 0 Å². The fourth-order valence-corrected chi connectivity index (χ4v) is 2.16. The second kappa shape index (κ2) is 9.32. The normalized spacial score (nSPS) is 9.09. The summed E-state index contributed by atoms with van der Waals surface area (Å²) in [5, 5.41) is 0. The van der Waals surface area contributed by atoms with E-state index >= 15 is 0 Å². The maximum atomic E-state index is 11.5. The van der Waals surface area contributed by atoms with E-state index in [0.29, 0.717) is 11.5 Å². The lowest BCUT2D eigenvalue weighted by Gasteiger charge is -1.92. The van der Waals surface area contributed by atoms with Crippen molar-refractivity contribution in [1.29, 1.82) is 0 Å². The minimum absolute atomic E-state index is 0.527. The molecular weight excluding hydrogens is 295 g/mol. The number of para-hydroxylation sites is 2. The Morgan fingerprint density at radius 2 is 0.773 bits per heavy atom. The molecule has 110 valence electrons. The Labute approximate surface area is 131 Å². The van der Waals surface area contributed by atoms with Gasteiger partial charge in [-0.15, -0.1) is 0 Å². The predicted molar refractivity (Wildman–Crippen MR) is 88.2 cm³/mol. The van der Waals surface area contributed by atoms with Gasteiger partial charge in [-0.3, -0.25) is 0 Å². The van der Waals surface area contributed by atoms with Crippen LogP contribution in [0.2, 0.25) is 0 Å². The fourth-order valence-electron chi connectivity index (χ4n) is 1.54. The first-order valence-electron chi connectivity index (χ1n) is 6.78. The van der Waals surface area contributed by atoms with Gasteiger partial charge in [0, 0.05) is 4.57 Å². The minimum Gasteiger partial charge on any atom is -0.222 e. The van der Waals surface area contributed by atoms with Crippen LogP contribution in [0.25, 0.3) is 0 Å². The highest BCUT2D eigenvalue weighted by atomic mass is 31.1. The molecule has 0 saturated carbocycles. The van der Waals surface area contributed by atoms with Gasteiger partial charge in [-0.05, 0) is 24.3 Å². The van der Waals surface area contributed by atoms with E-state index in [-0.39, 0.29) is 0 Å². The molecule has 0 radical (unpaired) electrons. The predicted octanol–water partition coefficient (Wildman–Crippen LogP) is 5.49. The molecule has 0 aliphatic heterocycles. The zero-order valence-electron chi connectivity index (χ0n) is 11.9. The number of rotatable bonds is 4. The third-order valence-corrected chi connectivity index (χ3v) is 3.23. The lowest BCUT2D eigenvalue weighted by atomic mass is 10.3. The highest BCUT2D eigenvalue weighted by molar-refractivity contribution is 7.34. The van der Waals surface area contributed by atoms with Gasteiger partial charge in [0.1, 0.15) is 0 Å². The quantitative estimate of drug-likeness (QED) is 0.598. The summed E-state index contributed by atoms with van der Waals surface area (Å²) in [5.74, 6) is 1.05. The van der Waals surface area contributed by atoms with Gasteiger partial charge in [0.05, 0.1) is 0 Å². The van der Waals surface area contributed by atoms with Gasteiger partial charge >= 0.3 is 8.25 Å². The molecule has 0 aliphatic carbocycles. The molecule has 3 rings (SSSR count). The van der Waals surface area contributed by atoms with Crippen molar-refractivity contribution in [2.75, 3.05) is 0 Å². The summed E-state index contributed by atoms with van der Waals surface area (Å²) in [7, 11) is -2.18. The van der Waals surface area contributed by atoms with Gasteiger partial charge in [-0.1, -0.05) is 72.8 Å². The van der Waals surface area contributed by atoms with Crippen LogP contribution in [0, 0.1) is 0 Å². The third-order valence-electron chi connectivity index (χ3n) is 2.51. The molecular formula is C18H16O3P+. The van der Waals surface area contributed by atoms with Crippen LogP contribution in [0.15, 0.2) is 97.1 Å². The summed E-state index contributed by atoms with van der Waals surface area (Å²) in [6.07, 6.45) is 0. The Balaban J connectivity index is 0.000000246. The van der Waals surface area contributed by atoms with Gasteiger partial charge in [0.25, 0.3) is 0 Å². The van der Waals surface area contributed by atoms with Crippen LogP contribution in [0.1, 0.15) is 0 Å². The number of hydrogen-bond donors (Lipinski definition) is 0. The average Bonchev–Trinajstić information content (AvgIpc) is 2.59. The molecule has 0 saturated heterocycles. The second-order valence-corrected chi connectivity index (χ2v) is 5.00. The molecule has 4 heteroatoms. The SMILES string of the molecule is O=[P+](Oc1ccccc1)Oc1ccccc1.c1ccccc1. The van der Waals surface area contributed by atoms with Crippen LogP contribution in [0.4, 0.5) is 0 Å². The first-order chi connectivity index (χ1) is 10.8. The first kappa shape index (κ1) is 15.7. The van der Waals surface area contributed by atoms with Crippen LogP contribution in [-0.4, -0.2) is 0 Å². The standard InChI is InChI=1S/C12H10O3P.C6H6/c13-16(14-11-7-3-1-4-8-11)15-12-9-5-2-6-10-12;1-2-4-6-5-3-1/h1-10H;1-6H/q+1;. The Morgan fingerprint density at radius 3 is 1.09 bits per heavy atom. The molecule has 0 aliphatic rings. The molecule has 0 atom stereocenters. The highest BCUT2D eigenvalue weighted by Crippen LogP contribution is 2.29. The first-order valence-corrected chi connectivity index (χ1v) is 7.87. The molecule has 0 N–H and O–H groups in total. The molecule has 0 heterocycles. The van der Waals surface area contributed by atoms with E-state index in [0.717, 1.165) is 0 Å². The van der Waals surface area contributed by atoms with Gasteiger partial charge < -0.3 is 0 Å². The van der Waals surface area contributed by atoms with Crippen LogP contribution in [0.3, 0.4) is 0 Å². The van der Waals surface area contributed by atoms with Crippen molar-refractivity contribution in [1.82, 2.24) is 0 Å². The van der Waals surface area contributed by atoms with E-state index in [4.69, 9.17) is 9.05 Å². The largest absolute Gasteiger partial charge is 0.805 e. The smallest absolute Gasteiger partial charge is 0.222 e. The van der Waals surface area contributed by atoms with E-state index in [1.807, 2.05) is 48.5 Å².